The van der Waals surface area contributed by atoms with Crippen molar-refractivity contribution in [2.75, 3.05) is 18.4 Å². The molecule has 1 aromatic heterocycles. The Labute approximate surface area is 245 Å². The second-order valence-corrected chi connectivity index (χ2v) is 8.66. The maximum Gasteiger partial charge on any atom is 1.00 e. The number of amides is 2. The molecule has 10 heteroatoms. The minimum absolute atomic E-state index is 0. The summed E-state index contributed by atoms with van der Waals surface area (Å²) in [6.07, 6.45) is 3.16. The van der Waals surface area contributed by atoms with Crippen LogP contribution in [0.2, 0.25) is 5.02 Å². The molecular weight excluding hydrogens is 503 g/mol. The van der Waals surface area contributed by atoms with Gasteiger partial charge in [0.15, 0.2) is 0 Å². The molecule has 1 unspecified atom stereocenters. The molecule has 0 aliphatic carbocycles. The summed E-state index contributed by atoms with van der Waals surface area (Å²) < 4.78 is 0. The van der Waals surface area contributed by atoms with Gasteiger partial charge in [0.05, 0.1) is 19.0 Å². The van der Waals surface area contributed by atoms with E-state index in [-0.39, 0.29) is 49.9 Å². The van der Waals surface area contributed by atoms with Crippen LogP contribution >= 0.6 is 11.6 Å². The van der Waals surface area contributed by atoms with Crippen LogP contribution in [0.4, 0.5) is 5.82 Å². The van der Waals surface area contributed by atoms with Crippen molar-refractivity contribution in [2.24, 2.45) is 0 Å². The fourth-order valence-corrected chi connectivity index (χ4v) is 3.80. The first-order valence-electron chi connectivity index (χ1n) is 11.7. The van der Waals surface area contributed by atoms with Crippen LogP contribution in [-0.2, 0) is 14.4 Å². The summed E-state index contributed by atoms with van der Waals surface area (Å²) in [5.74, 6) is -0.940. The Morgan fingerprint density at radius 1 is 0.946 bits per heavy atom. The average Bonchev–Trinajstić information content (AvgIpc) is 2.87. The van der Waals surface area contributed by atoms with Crippen LogP contribution in [0.15, 0.2) is 72.9 Å². The number of hydrogen-bond acceptors (Lipinski definition) is 5. The van der Waals surface area contributed by atoms with Gasteiger partial charge in [0.1, 0.15) is 5.82 Å². The van der Waals surface area contributed by atoms with Crippen LogP contribution < -0.4 is 45.5 Å². The summed E-state index contributed by atoms with van der Waals surface area (Å²) in [4.78, 5) is 40.0. The quantitative estimate of drug-likeness (QED) is 0.196. The number of hydrogen-bond donors (Lipinski definition) is 4. The van der Waals surface area contributed by atoms with Gasteiger partial charge >= 0.3 is 35.5 Å². The monoisotopic (exact) mass is 532 g/mol. The van der Waals surface area contributed by atoms with E-state index in [1.54, 1.807) is 24.4 Å². The molecule has 1 heterocycles. The van der Waals surface area contributed by atoms with Crippen molar-refractivity contribution < 1.29 is 50.5 Å². The predicted octanol–water partition coefficient (Wildman–Crippen LogP) is 1.55. The SMILES string of the molecule is O=C(O)CC(NC(=O)CNC(=O)CCCCNc1ccccn1)c1ccc(-c2cccc(Cl)c2)cc1.[H-].[Na+]. The third-order valence-electron chi connectivity index (χ3n) is 5.43. The van der Waals surface area contributed by atoms with Crippen LogP contribution in [0, 0.1) is 0 Å². The van der Waals surface area contributed by atoms with Crippen LogP contribution in [0.3, 0.4) is 0 Å². The van der Waals surface area contributed by atoms with Crippen molar-refractivity contribution >= 4 is 35.2 Å². The first-order valence-corrected chi connectivity index (χ1v) is 12.1. The third kappa shape index (κ3) is 10.9. The Morgan fingerprint density at radius 3 is 2.41 bits per heavy atom. The van der Waals surface area contributed by atoms with Crippen LogP contribution in [0.25, 0.3) is 11.1 Å². The number of benzene rings is 2. The molecular formula is C27H30ClN4NaO4. The number of anilines is 1. The molecule has 0 saturated carbocycles. The van der Waals surface area contributed by atoms with Crippen LogP contribution in [-0.4, -0.2) is 41.0 Å². The molecule has 3 aromatic rings. The second kappa shape index (κ2) is 16.0. The van der Waals surface area contributed by atoms with Gasteiger partial charge in [0.2, 0.25) is 11.8 Å². The maximum atomic E-state index is 12.4. The number of pyridine rings is 1. The van der Waals surface area contributed by atoms with Crippen molar-refractivity contribution in [3.8, 4) is 11.1 Å². The van der Waals surface area contributed by atoms with Gasteiger partial charge in [-0.1, -0.05) is 54.1 Å². The van der Waals surface area contributed by atoms with Crippen molar-refractivity contribution in [3.63, 3.8) is 0 Å². The number of aliphatic carboxylic acids is 1. The fraction of sp³-hybridized carbons (Fsp3) is 0.259. The first-order chi connectivity index (χ1) is 17.4. The number of carbonyl (C=O) groups excluding carboxylic acids is 2. The Hall–Kier alpha value is -2.91. The molecule has 0 bridgehead atoms. The zero-order valence-corrected chi connectivity index (χ0v) is 23.5. The molecule has 0 aliphatic rings. The van der Waals surface area contributed by atoms with E-state index in [4.69, 9.17) is 11.6 Å². The molecule has 2 amide bonds. The number of nitrogens with one attached hydrogen (secondary N) is 3. The van der Waals surface area contributed by atoms with Gasteiger partial charge in [0.25, 0.3) is 0 Å². The van der Waals surface area contributed by atoms with Gasteiger partial charge < -0.3 is 22.5 Å². The van der Waals surface area contributed by atoms with E-state index >= 15 is 0 Å². The summed E-state index contributed by atoms with van der Waals surface area (Å²) in [7, 11) is 0. The summed E-state index contributed by atoms with van der Waals surface area (Å²) >= 11 is 6.06. The Bertz CT molecular complexity index is 1170. The third-order valence-corrected chi connectivity index (χ3v) is 5.67. The number of halogens is 1. The molecule has 1 atom stereocenters. The summed E-state index contributed by atoms with van der Waals surface area (Å²) in [5, 5.41) is 18.4. The molecule has 8 nitrogen and oxygen atoms in total. The standard InChI is InChI=1S/C27H29ClN4O4.Na.H/c28-22-7-5-6-21(16-22)19-10-12-20(13-11-19)23(17-27(35)36)32-26(34)18-31-25(33)9-2-4-15-30-24-8-1-3-14-29-24;;/h1,3,5-8,10-14,16,23H,2,4,9,15,17-18H2,(H,29,30)(H,31,33)(H,32,34)(H,35,36);;/q;+1;-1. The van der Waals surface area contributed by atoms with E-state index in [2.05, 4.69) is 20.9 Å². The van der Waals surface area contributed by atoms with Crippen LogP contribution in [0.1, 0.15) is 38.7 Å². The van der Waals surface area contributed by atoms with Gasteiger partial charge in [0, 0.05) is 24.2 Å². The molecule has 37 heavy (non-hydrogen) atoms. The van der Waals surface area contributed by atoms with Crippen molar-refractivity contribution in [2.45, 2.75) is 31.7 Å². The number of aromatic nitrogens is 1. The van der Waals surface area contributed by atoms with Gasteiger partial charge in [-0.05, 0) is 53.8 Å². The number of carbonyl (C=O) groups is 3. The minimum Gasteiger partial charge on any atom is -1.00 e. The number of carboxylic acids is 1. The zero-order chi connectivity index (χ0) is 25.8. The van der Waals surface area contributed by atoms with Crippen molar-refractivity contribution in [1.29, 1.82) is 0 Å². The molecule has 190 valence electrons. The maximum absolute atomic E-state index is 12.4. The van der Waals surface area contributed by atoms with E-state index in [1.165, 1.54) is 0 Å². The summed E-state index contributed by atoms with van der Waals surface area (Å²) in [6.45, 7) is 0.472. The van der Waals surface area contributed by atoms with E-state index in [1.807, 2.05) is 48.5 Å². The van der Waals surface area contributed by atoms with E-state index in [0.717, 1.165) is 23.4 Å². The molecule has 0 radical (unpaired) electrons. The molecule has 4 N–H and O–H groups in total. The Balaban J connectivity index is 0.00000361. The number of nitrogens with zero attached hydrogens (tertiary/aromatic N) is 1. The van der Waals surface area contributed by atoms with E-state index in [9.17, 15) is 19.5 Å². The molecule has 2 aromatic carbocycles. The number of rotatable bonds is 13. The predicted molar refractivity (Wildman–Crippen MR) is 141 cm³/mol. The molecule has 0 aliphatic heterocycles. The topological polar surface area (TPSA) is 120 Å². The summed E-state index contributed by atoms with van der Waals surface area (Å²) in [6, 6.07) is 19.6. The first kappa shape index (κ1) is 30.3. The molecule has 3 rings (SSSR count). The Kier molecular flexibility index (Phi) is 13.1. The normalized spacial score (nSPS) is 11.1. The van der Waals surface area contributed by atoms with Crippen molar-refractivity contribution in [1.82, 2.24) is 15.6 Å². The van der Waals surface area contributed by atoms with Gasteiger partial charge in [-0.25, -0.2) is 4.98 Å². The number of unbranched alkanes of at least 4 members (excludes halogenated alkanes) is 1. The number of carboxylic acid groups (broad SMARTS) is 1. The average molecular weight is 533 g/mol. The van der Waals surface area contributed by atoms with Gasteiger partial charge in [-0.15, -0.1) is 0 Å². The van der Waals surface area contributed by atoms with Gasteiger partial charge in [-0.3, -0.25) is 14.4 Å². The molecule has 0 saturated heterocycles. The Morgan fingerprint density at radius 2 is 1.73 bits per heavy atom. The van der Waals surface area contributed by atoms with E-state index < -0.39 is 17.9 Å². The van der Waals surface area contributed by atoms with E-state index in [0.29, 0.717) is 30.0 Å². The second-order valence-electron chi connectivity index (χ2n) is 8.23. The fourth-order valence-electron chi connectivity index (χ4n) is 3.61. The zero-order valence-electron chi connectivity index (χ0n) is 21.7. The van der Waals surface area contributed by atoms with Crippen molar-refractivity contribution in [3.05, 3.63) is 83.5 Å². The van der Waals surface area contributed by atoms with Crippen LogP contribution in [0.5, 0.6) is 0 Å². The minimum atomic E-state index is -1.04. The largest absolute Gasteiger partial charge is 1.00 e. The van der Waals surface area contributed by atoms with Gasteiger partial charge in [-0.2, -0.15) is 0 Å². The summed E-state index contributed by atoms with van der Waals surface area (Å²) in [5.41, 5.74) is 2.51. The molecule has 0 spiro atoms. The molecule has 0 fully saturated rings. The smallest absolute Gasteiger partial charge is 1.00 e.